The summed E-state index contributed by atoms with van der Waals surface area (Å²) in [4.78, 5) is 28.0. The van der Waals surface area contributed by atoms with Crippen LogP contribution in [0.3, 0.4) is 0 Å². The molecule has 0 saturated carbocycles. The Morgan fingerprint density at radius 1 is 1.14 bits per heavy atom. The van der Waals surface area contributed by atoms with Gasteiger partial charge in [-0.3, -0.25) is 14.5 Å². The molecule has 1 saturated heterocycles. The molecule has 0 spiro atoms. The van der Waals surface area contributed by atoms with Crippen LogP contribution in [0.25, 0.3) is 0 Å². The highest BCUT2D eigenvalue weighted by molar-refractivity contribution is 5.79. The Labute approximate surface area is 128 Å². The lowest BCUT2D eigenvalue weighted by Crippen LogP contribution is -2.50. The minimum Gasteiger partial charge on any atom is -0.369 e. The summed E-state index contributed by atoms with van der Waals surface area (Å²) in [6, 6.07) is 0.547. The molecule has 2 amide bonds. The standard InChI is InChI=1S/C16H31N3O2/c1-5-12(3)19(13(4)6-2)15(20)11-18-9-7-14(8-10-18)16(17)21/h12-14H,5-11H2,1-4H3,(H2,17,21)/t12-,13-/m1/s1. The highest BCUT2D eigenvalue weighted by atomic mass is 16.2. The quantitative estimate of drug-likeness (QED) is 0.776. The molecule has 1 aliphatic heterocycles. The number of nitrogens with two attached hydrogens (primary N) is 1. The average Bonchev–Trinajstić information content (AvgIpc) is 2.47. The Kier molecular flexibility index (Phi) is 7.15. The summed E-state index contributed by atoms with van der Waals surface area (Å²) in [5.74, 6) is -0.0189. The van der Waals surface area contributed by atoms with E-state index in [2.05, 4.69) is 32.6 Å². The molecular formula is C16H31N3O2. The monoisotopic (exact) mass is 297 g/mol. The summed E-state index contributed by atoms with van der Waals surface area (Å²) in [5.41, 5.74) is 5.34. The van der Waals surface area contributed by atoms with Gasteiger partial charge in [-0.25, -0.2) is 0 Å². The van der Waals surface area contributed by atoms with Gasteiger partial charge in [-0.15, -0.1) is 0 Å². The number of piperidine rings is 1. The van der Waals surface area contributed by atoms with Gasteiger partial charge in [-0.1, -0.05) is 13.8 Å². The summed E-state index contributed by atoms with van der Waals surface area (Å²) in [7, 11) is 0. The number of primary amides is 1. The largest absolute Gasteiger partial charge is 0.369 e. The van der Waals surface area contributed by atoms with E-state index >= 15 is 0 Å². The van der Waals surface area contributed by atoms with Crippen molar-refractivity contribution in [3.8, 4) is 0 Å². The lowest BCUT2D eigenvalue weighted by atomic mass is 9.96. The molecular weight excluding hydrogens is 266 g/mol. The number of hydrogen-bond donors (Lipinski definition) is 1. The molecule has 122 valence electrons. The second kappa shape index (κ2) is 8.37. The molecule has 0 aromatic rings. The van der Waals surface area contributed by atoms with E-state index in [4.69, 9.17) is 5.73 Å². The van der Waals surface area contributed by atoms with Gasteiger partial charge in [0.25, 0.3) is 0 Å². The van der Waals surface area contributed by atoms with Gasteiger partial charge in [0.15, 0.2) is 0 Å². The van der Waals surface area contributed by atoms with Gasteiger partial charge in [0.05, 0.1) is 6.54 Å². The van der Waals surface area contributed by atoms with Gasteiger partial charge < -0.3 is 10.6 Å². The number of amides is 2. The van der Waals surface area contributed by atoms with Crippen molar-refractivity contribution >= 4 is 11.8 Å². The summed E-state index contributed by atoms with van der Waals surface area (Å²) in [6.45, 7) is 10.5. The van der Waals surface area contributed by atoms with Crippen LogP contribution in [0.1, 0.15) is 53.4 Å². The van der Waals surface area contributed by atoms with Crippen molar-refractivity contribution in [2.45, 2.75) is 65.5 Å². The zero-order chi connectivity index (χ0) is 16.0. The van der Waals surface area contributed by atoms with Gasteiger partial charge >= 0.3 is 0 Å². The number of carbonyl (C=O) groups is 2. The van der Waals surface area contributed by atoms with Crippen LogP contribution in [-0.2, 0) is 9.59 Å². The maximum atomic E-state index is 12.6. The Bertz CT molecular complexity index is 341. The fraction of sp³-hybridized carbons (Fsp3) is 0.875. The average molecular weight is 297 g/mol. The fourth-order valence-electron chi connectivity index (χ4n) is 2.97. The number of hydrogen-bond acceptors (Lipinski definition) is 3. The highest BCUT2D eigenvalue weighted by Gasteiger charge is 2.28. The summed E-state index contributed by atoms with van der Waals surface area (Å²) >= 11 is 0. The molecule has 0 aromatic heterocycles. The Hall–Kier alpha value is -1.10. The van der Waals surface area contributed by atoms with E-state index in [1.54, 1.807) is 0 Å². The molecule has 1 aliphatic rings. The first-order valence-electron chi connectivity index (χ1n) is 8.23. The maximum absolute atomic E-state index is 12.6. The third kappa shape index (κ3) is 4.99. The molecule has 2 atom stereocenters. The number of rotatable bonds is 7. The topological polar surface area (TPSA) is 66.6 Å². The molecule has 2 N–H and O–H groups in total. The van der Waals surface area contributed by atoms with Crippen molar-refractivity contribution in [2.24, 2.45) is 11.7 Å². The summed E-state index contributed by atoms with van der Waals surface area (Å²) in [5, 5.41) is 0. The molecule has 1 heterocycles. The van der Waals surface area contributed by atoms with E-state index in [1.807, 2.05) is 4.90 Å². The van der Waals surface area contributed by atoms with E-state index in [-0.39, 0.29) is 29.8 Å². The van der Waals surface area contributed by atoms with Crippen molar-refractivity contribution in [3.05, 3.63) is 0 Å². The van der Waals surface area contributed by atoms with Crippen LogP contribution in [-0.4, -0.2) is 53.3 Å². The maximum Gasteiger partial charge on any atom is 0.237 e. The molecule has 5 nitrogen and oxygen atoms in total. The third-order valence-electron chi connectivity index (χ3n) is 4.77. The molecule has 0 unspecified atom stereocenters. The van der Waals surface area contributed by atoms with Crippen LogP contribution < -0.4 is 5.73 Å². The predicted molar refractivity (Wildman–Crippen MR) is 84.7 cm³/mol. The van der Waals surface area contributed by atoms with Crippen LogP contribution in [0.15, 0.2) is 0 Å². The molecule has 5 heteroatoms. The zero-order valence-electron chi connectivity index (χ0n) is 14.0. The first kappa shape index (κ1) is 18.0. The van der Waals surface area contributed by atoms with Gasteiger partial charge in [0, 0.05) is 18.0 Å². The highest BCUT2D eigenvalue weighted by Crippen LogP contribution is 2.18. The van der Waals surface area contributed by atoms with E-state index in [0.29, 0.717) is 6.54 Å². The Morgan fingerprint density at radius 3 is 2.00 bits per heavy atom. The van der Waals surface area contributed by atoms with E-state index in [9.17, 15) is 9.59 Å². The zero-order valence-corrected chi connectivity index (χ0v) is 14.0. The second-order valence-electron chi connectivity index (χ2n) is 6.27. The van der Waals surface area contributed by atoms with Gasteiger partial charge in [-0.2, -0.15) is 0 Å². The number of carbonyl (C=O) groups excluding carboxylic acids is 2. The first-order valence-corrected chi connectivity index (χ1v) is 8.23. The SMILES string of the molecule is CC[C@@H](C)N(C(=O)CN1CCC(C(N)=O)CC1)[C@H](C)CC. The summed E-state index contributed by atoms with van der Waals surface area (Å²) < 4.78 is 0. The van der Waals surface area contributed by atoms with Crippen molar-refractivity contribution in [2.75, 3.05) is 19.6 Å². The minimum absolute atomic E-state index is 0.0171. The van der Waals surface area contributed by atoms with Crippen LogP contribution in [0, 0.1) is 5.92 Å². The summed E-state index contributed by atoms with van der Waals surface area (Å²) in [6.07, 6.45) is 3.49. The molecule has 1 fully saturated rings. The van der Waals surface area contributed by atoms with Crippen molar-refractivity contribution in [1.29, 1.82) is 0 Å². The Morgan fingerprint density at radius 2 is 1.62 bits per heavy atom. The minimum atomic E-state index is -0.207. The van der Waals surface area contributed by atoms with Gasteiger partial charge in [0.1, 0.15) is 0 Å². The van der Waals surface area contributed by atoms with Crippen molar-refractivity contribution in [3.63, 3.8) is 0 Å². The van der Waals surface area contributed by atoms with Gasteiger partial charge in [0.2, 0.25) is 11.8 Å². The second-order valence-corrected chi connectivity index (χ2v) is 6.27. The lowest BCUT2D eigenvalue weighted by Gasteiger charge is -2.37. The normalized spacial score (nSPS) is 20.0. The molecule has 0 aromatic carbocycles. The molecule has 0 radical (unpaired) electrons. The van der Waals surface area contributed by atoms with E-state index in [1.165, 1.54) is 0 Å². The van der Waals surface area contributed by atoms with Crippen molar-refractivity contribution in [1.82, 2.24) is 9.80 Å². The number of likely N-dealkylation sites (tertiary alicyclic amines) is 1. The van der Waals surface area contributed by atoms with E-state index in [0.717, 1.165) is 38.8 Å². The van der Waals surface area contributed by atoms with Crippen LogP contribution in [0.2, 0.25) is 0 Å². The molecule has 21 heavy (non-hydrogen) atoms. The Balaban J connectivity index is 2.56. The van der Waals surface area contributed by atoms with Crippen LogP contribution >= 0.6 is 0 Å². The molecule has 0 bridgehead atoms. The number of nitrogens with zero attached hydrogens (tertiary/aromatic N) is 2. The predicted octanol–water partition coefficient (Wildman–Crippen LogP) is 1.61. The lowest BCUT2D eigenvalue weighted by molar-refractivity contribution is -0.137. The first-order chi connectivity index (χ1) is 9.90. The fourth-order valence-corrected chi connectivity index (χ4v) is 2.97. The third-order valence-corrected chi connectivity index (χ3v) is 4.77. The molecule has 1 rings (SSSR count). The van der Waals surface area contributed by atoms with Gasteiger partial charge in [-0.05, 0) is 52.6 Å². The van der Waals surface area contributed by atoms with Crippen LogP contribution in [0.4, 0.5) is 0 Å². The molecule has 0 aliphatic carbocycles. The van der Waals surface area contributed by atoms with E-state index < -0.39 is 0 Å². The van der Waals surface area contributed by atoms with Crippen molar-refractivity contribution < 1.29 is 9.59 Å². The smallest absolute Gasteiger partial charge is 0.237 e. The van der Waals surface area contributed by atoms with Crippen LogP contribution in [0.5, 0.6) is 0 Å².